The zero-order valence-corrected chi connectivity index (χ0v) is 18.4. The Morgan fingerprint density at radius 3 is 3.00 bits per heavy atom. The molecule has 3 aromatic rings. The third-order valence-corrected chi connectivity index (χ3v) is 7.35. The lowest BCUT2D eigenvalue weighted by Crippen LogP contribution is -2.25. The van der Waals surface area contributed by atoms with Gasteiger partial charge in [-0.05, 0) is 35.7 Å². The first kappa shape index (κ1) is 19.5. The number of fused-ring (bicyclic) bond motifs is 2. The summed E-state index contributed by atoms with van der Waals surface area (Å²) >= 11 is 3.35. The van der Waals surface area contributed by atoms with E-state index >= 15 is 0 Å². The zero-order valence-electron chi connectivity index (χ0n) is 16.8. The number of hydrogen-bond donors (Lipinski definition) is 2. The molecule has 1 amide bonds. The van der Waals surface area contributed by atoms with E-state index < -0.39 is 0 Å². The van der Waals surface area contributed by atoms with Gasteiger partial charge >= 0.3 is 0 Å². The van der Waals surface area contributed by atoms with Crippen molar-refractivity contribution in [1.29, 1.82) is 0 Å². The van der Waals surface area contributed by atoms with Crippen molar-refractivity contribution in [2.45, 2.75) is 31.2 Å². The number of nitrogens with zero attached hydrogens (tertiary/aromatic N) is 3. The van der Waals surface area contributed by atoms with Crippen molar-refractivity contribution in [1.82, 2.24) is 14.9 Å². The fraction of sp³-hybridized carbons (Fsp3) is 0.318. The van der Waals surface area contributed by atoms with E-state index in [9.17, 15) is 4.79 Å². The Kier molecular flexibility index (Phi) is 5.45. The number of aromatic nitrogens is 2. The van der Waals surface area contributed by atoms with Crippen LogP contribution in [0.1, 0.15) is 23.7 Å². The smallest absolute Gasteiger partial charge is 0.223 e. The first-order valence-electron chi connectivity index (χ1n) is 10.1. The van der Waals surface area contributed by atoms with Gasteiger partial charge in [0.05, 0.1) is 10.8 Å². The zero-order chi connectivity index (χ0) is 20.5. The molecule has 1 aromatic carbocycles. The largest absolute Gasteiger partial charge is 0.375 e. The van der Waals surface area contributed by atoms with E-state index in [1.54, 1.807) is 0 Å². The molecule has 5 rings (SSSR count). The highest BCUT2D eigenvalue weighted by atomic mass is 32.2. The van der Waals surface area contributed by atoms with Crippen molar-refractivity contribution in [3.63, 3.8) is 0 Å². The van der Waals surface area contributed by atoms with Gasteiger partial charge in [0.1, 0.15) is 0 Å². The summed E-state index contributed by atoms with van der Waals surface area (Å²) in [5.41, 5.74) is 6.21. The number of thiazole rings is 1. The summed E-state index contributed by atoms with van der Waals surface area (Å²) in [6, 6.07) is 9.03. The van der Waals surface area contributed by atoms with E-state index in [0.29, 0.717) is 5.13 Å². The number of pyridine rings is 1. The summed E-state index contributed by atoms with van der Waals surface area (Å²) in [4.78, 5) is 25.2. The number of thioether (sulfide) groups is 1. The molecule has 0 saturated heterocycles. The van der Waals surface area contributed by atoms with Gasteiger partial charge in [-0.3, -0.25) is 14.7 Å². The topological polar surface area (TPSA) is 70.2 Å². The summed E-state index contributed by atoms with van der Waals surface area (Å²) in [6.45, 7) is 4.51. The molecule has 0 bridgehead atoms. The molecule has 0 unspecified atom stereocenters. The minimum atomic E-state index is -0.103. The molecule has 30 heavy (non-hydrogen) atoms. The molecular weight excluding hydrogens is 414 g/mol. The van der Waals surface area contributed by atoms with Crippen LogP contribution in [0.4, 0.5) is 10.8 Å². The number of rotatable bonds is 4. The van der Waals surface area contributed by atoms with Gasteiger partial charge in [-0.25, -0.2) is 4.98 Å². The highest BCUT2D eigenvalue weighted by molar-refractivity contribution is 7.99. The number of hydrogen-bond acceptors (Lipinski definition) is 7. The molecule has 4 heterocycles. The molecule has 0 radical (unpaired) electrons. The van der Waals surface area contributed by atoms with Crippen molar-refractivity contribution >= 4 is 39.8 Å². The quantitative estimate of drug-likeness (QED) is 0.636. The third kappa shape index (κ3) is 4.21. The number of benzene rings is 1. The molecule has 0 aliphatic carbocycles. The Morgan fingerprint density at radius 2 is 2.10 bits per heavy atom. The maximum Gasteiger partial charge on any atom is 0.223 e. The number of nitrogens with one attached hydrogen (secondary N) is 2. The van der Waals surface area contributed by atoms with Gasteiger partial charge in [-0.2, -0.15) is 0 Å². The van der Waals surface area contributed by atoms with Gasteiger partial charge in [0.2, 0.25) is 5.91 Å². The highest BCUT2D eigenvalue weighted by Gasteiger charge is 2.18. The number of anilines is 2. The van der Waals surface area contributed by atoms with Crippen LogP contribution in [0.3, 0.4) is 0 Å². The lowest BCUT2D eigenvalue weighted by molar-refractivity contribution is -0.114. The Bertz CT molecular complexity index is 1100. The van der Waals surface area contributed by atoms with Crippen LogP contribution in [0.15, 0.2) is 41.6 Å². The second-order valence-electron chi connectivity index (χ2n) is 7.61. The maximum atomic E-state index is 11.2. The minimum absolute atomic E-state index is 0.103. The van der Waals surface area contributed by atoms with E-state index in [4.69, 9.17) is 4.98 Å². The highest BCUT2D eigenvalue weighted by Crippen LogP contribution is 2.34. The second kappa shape index (κ2) is 8.37. The summed E-state index contributed by atoms with van der Waals surface area (Å²) in [7, 11) is 0. The van der Waals surface area contributed by atoms with Gasteiger partial charge in [0.25, 0.3) is 0 Å². The lowest BCUT2D eigenvalue weighted by Gasteiger charge is -2.20. The van der Waals surface area contributed by atoms with Crippen LogP contribution >= 0.6 is 23.1 Å². The number of carbonyl (C=O) groups is 1. The van der Waals surface area contributed by atoms with Crippen LogP contribution in [0.5, 0.6) is 0 Å². The van der Waals surface area contributed by atoms with Crippen LogP contribution in [0, 0.1) is 0 Å². The second-order valence-corrected chi connectivity index (χ2v) is 9.66. The van der Waals surface area contributed by atoms with E-state index in [0.717, 1.165) is 48.8 Å². The van der Waals surface area contributed by atoms with E-state index in [1.807, 2.05) is 24.2 Å². The van der Waals surface area contributed by atoms with Crippen LogP contribution < -0.4 is 10.6 Å². The Hall–Kier alpha value is -2.42. The summed E-state index contributed by atoms with van der Waals surface area (Å²) < 4.78 is 0. The molecule has 6 nitrogen and oxygen atoms in total. The van der Waals surface area contributed by atoms with Gasteiger partial charge in [0.15, 0.2) is 5.13 Å². The van der Waals surface area contributed by atoms with Crippen molar-refractivity contribution in [3.05, 3.63) is 53.5 Å². The molecule has 2 aliphatic heterocycles. The molecule has 2 aliphatic rings. The Labute approximate surface area is 184 Å². The first-order chi connectivity index (χ1) is 14.6. The first-order valence-corrected chi connectivity index (χ1v) is 11.9. The van der Waals surface area contributed by atoms with Gasteiger partial charge in [-0.1, -0.05) is 17.4 Å². The van der Waals surface area contributed by atoms with Crippen LogP contribution in [-0.4, -0.2) is 39.7 Å². The summed E-state index contributed by atoms with van der Waals surface area (Å²) in [6.07, 6.45) is 5.70. The average Bonchev–Trinajstić information content (AvgIpc) is 3.34. The lowest BCUT2D eigenvalue weighted by atomic mass is 10.1. The normalized spacial score (nSPS) is 15.8. The molecule has 0 atom stereocenters. The van der Waals surface area contributed by atoms with Crippen molar-refractivity contribution < 1.29 is 4.79 Å². The van der Waals surface area contributed by atoms with Crippen LogP contribution in [0.2, 0.25) is 0 Å². The Balaban J connectivity index is 1.28. The Morgan fingerprint density at radius 1 is 1.20 bits per heavy atom. The maximum absolute atomic E-state index is 11.2. The standard InChI is InChI=1S/C22H23N5OS2/c1-14(28)26-22-24-11-21(30-22)17-9-16-4-6-27(7-5-18(16)23-10-17)12-15-2-3-20-19(8-15)25-13-29-20/h2-3,8-11,25H,4-7,12-13H2,1H3,(H,24,26,28). The molecule has 0 fully saturated rings. The third-order valence-electron chi connectivity index (χ3n) is 5.44. The van der Waals surface area contributed by atoms with Crippen LogP contribution in [-0.2, 0) is 24.2 Å². The van der Waals surface area contributed by atoms with Gasteiger partial charge in [-0.15, -0.1) is 11.8 Å². The molecule has 0 spiro atoms. The van der Waals surface area contributed by atoms with Crippen molar-refractivity contribution in [2.75, 3.05) is 29.6 Å². The van der Waals surface area contributed by atoms with Gasteiger partial charge in [0, 0.05) is 67.2 Å². The fourth-order valence-corrected chi connectivity index (χ4v) is 5.61. The predicted octanol–water partition coefficient (Wildman–Crippen LogP) is 4.24. The molecule has 2 N–H and O–H groups in total. The van der Waals surface area contributed by atoms with Gasteiger partial charge < -0.3 is 10.6 Å². The minimum Gasteiger partial charge on any atom is -0.375 e. The predicted molar refractivity (Wildman–Crippen MR) is 123 cm³/mol. The monoisotopic (exact) mass is 437 g/mol. The molecule has 2 aromatic heterocycles. The molecular formula is C22H23N5OS2. The van der Waals surface area contributed by atoms with Crippen molar-refractivity contribution in [2.24, 2.45) is 0 Å². The van der Waals surface area contributed by atoms with E-state index in [1.165, 1.54) is 45.7 Å². The fourth-order valence-electron chi connectivity index (χ4n) is 3.93. The summed E-state index contributed by atoms with van der Waals surface area (Å²) in [5.74, 6) is 0.867. The number of carbonyl (C=O) groups excluding carboxylic acids is 1. The van der Waals surface area contributed by atoms with E-state index in [-0.39, 0.29) is 5.91 Å². The average molecular weight is 438 g/mol. The van der Waals surface area contributed by atoms with Crippen molar-refractivity contribution in [3.8, 4) is 10.4 Å². The SMILES string of the molecule is CC(=O)Nc1ncc(-c2cnc3c(c2)CCN(Cc2ccc4c(c2)NCS4)CC3)s1. The molecule has 154 valence electrons. The number of amides is 1. The van der Waals surface area contributed by atoms with Crippen LogP contribution in [0.25, 0.3) is 10.4 Å². The summed E-state index contributed by atoms with van der Waals surface area (Å²) in [5, 5.41) is 6.82. The molecule has 0 saturated carbocycles. The molecule has 8 heteroatoms. The van der Waals surface area contributed by atoms with E-state index in [2.05, 4.69) is 44.8 Å².